The standard InChI is InChI=1S/C16H32O2/c1-3-5-7-9-10-12-14-16(18)15(17)13-11-8-6-4-2/h8,11,15-18H,3-7,9-10,12-14H2,1-2H3/b11-8-. The number of hydrogen-bond donors (Lipinski definition) is 2. The minimum absolute atomic E-state index is 0.553. The summed E-state index contributed by atoms with van der Waals surface area (Å²) in [6, 6.07) is 0. The third-order valence-electron chi connectivity index (χ3n) is 3.30. The second-order valence-corrected chi connectivity index (χ2v) is 5.19. The summed E-state index contributed by atoms with van der Waals surface area (Å²) in [4.78, 5) is 0. The molecule has 0 amide bonds. The van der Waals surface area contributed by atoms with Crippen molar-refractivity contribution in [2.45, 2.75) is 90.3 Å². The average molecular weight is 256 g/mol. The maximum absolute atomic E-state index is 9.79. The number of unbranched alkanes of at least 4 members (excludes halogenated alkanes) is 6. The summed E-state index contributed by atoms with van der Waals surface area (Å²) in [6.07, 6.45) is 13.8. The Bertz CT molecular complexity index is 190. The Morgan fingerprint density at radius 2 is 1.44 bits per heavy atom. The van der Waals surface area contributed by atoms with Gasteiger partial charge in [-0.05, 0) is 19.3 Å². The molecular formula is C16H32O2. The molecule has 108 valence electrons. The predicted molar refractivity (Wildman–Crippen MR) is 78.7 cm³/mol. The lowest BCUT2D eigenvalue weighted by Crippen LogP contribution is -2.25. The SMILES string of the molecule is CCC/C=C\CC(O)C(O)CCCCCCCC. The van der Waals surface area contributed by atoms with Crippen molar-refractivity contribution in [3.05, 3.63) is 12.2 Å². The third-order valence-corrected chi connectivity index (χ3v) is 3.30. The first kappa shape index (κ1) is 17.7. The van der Waals surface area contributed by atoms with E-state index in [0.29, 0.717) is 6.42 Å². The largest absolute Gasteiger partial charge is 0.390 e. The van der Waals surface area contributed by atoms with Crippen molar-refractivity contribution in [1.29, 1.82) is 0 Å². The fourth-order valence-electron chi connectivity index (χ4n) is 2.00. The van der Waals surface area contributed by atoms with Gasteiger partial charge in [0.05, 0.1) is 12.2 Å². The van der Waals surface area contributed by atoms with E-state index in [1.807, 2.05) is 6.08 Å². The van der Waals surface area contributed by atoms with Gasteiger partial charge in [-0.15, -0.1) is 0 Å². The normalized spacial score (nSPS) is 15.1. The van der Waals surface area contributed by atoms with E-state index in [2.05, 4.69) is 19.9 Å². The molecule has 2 N–H and O–H groups in total. The molecule has 0 radical (unpaired) electrons. The second kappa shape index (κ2) is 13.1. The van der Waals surface area contributed by atoms with Gasteiger partial charge < -0.3 is 10.2 Å². The Hall–Kier alpha value is -0.340. The van der Waals surface area contributed by atoms with E-state index >= 15 is 0 Å². The van der Waals surface area contributed by atoms with E-state index in [1.54, 1.807) is 0 Å². The Balaban J connectivity index is 3.46. The van der Waals surface area contributed by atoms with Crippen LogP contribution in [0, 0.1) is 0 Å². The number of rotatable bonds is 12. The highest BCUT2D eigenvalue weighted by Crippen LogP contribution is 2.12. The van der Waals surface area contributed by atoms with Gasteiger partial charge in [0.1, 0.15) is 0 Å². The zero-order valence-electron chi connectivity index (χ0n) is 12.3. The summed E-state index contributed by atoms with van der Waals surface area (Å²) in [5.41, 5.74) is 0. The van der Waals surface area contributed by atoms with Crippen molar-refractivity contribution in [3.8, 4) is 0 Å². The van der Waals surface area contributed by atoms with E-state index in [1.165, 1.54) is 32.1 Å². The van der Waals surface area contributed by atoms with E-state index in [4.69, 9.17) is 0 Å². The molecule has 0 spiro atoms. The molecule has 2 nitrogen and oxygen atoms in total. The van der Waals surface area contributed by atoms with Gasteiger partial charge >= 0.3 is 0 Å². The molecule has 0 aliphatic heterocycles. The first-order valence-corrected chi connectivity index (χ1v) is 7.73. The van der Waals surface area contributed by atoms with Crippen LogP contribution in [0.15, 0.2) is 12.2 Å². The van der Waals surface area contributed by atoms with Crippen LogP contribution >= 0.6 is 0 Å². The maximum Gasteiger partial charge on any atom is 0.0833 e. The van der Waals surface area contributed by atoms with Crippen LogP contribution in [0.1, 0.15) is 78.1 Å². The summed E-state index contributed by atoms with van der Waals surface area (Å²) in [6.45, 7) is 4.35. The molecule has 18 heavy (non-hydrogen) atoms. The Morgan fingerprint density at radius 3 is 2.11 bits per heavy atom. The molecule has 2 heteroatoms. The molecule has 0 aromatic carbocycles. The lowest BCUT2D eigenvalue weighted by atomic mass is 10.0. The van der Waals surface area contributed by atoms with E-state index in [-0.39, 0.29) is 0 Å². The predicted octanol–water partition coefficient (Wildman–Crippen LogP) is 4.21. The van der Waals surface area contributed by atoms with Gasteiger partial charge in [-0.2, -0.15) is 0 Å². The van der Waals surface area contributed by atoms with E-state index in [9.17, 15) is 10.2 Å². The highest BCUT2D eigenvalue weighted by atomic mass is 16.3. The lowest BCUT2D eigenvalue weighted by Gasteiger charge is -2.16. The van der Waals surface area contributed by atoms with Gasteiger partial charge in [-0.1, -0.05) is 70.9 Å². The third kappa shape index (κ3) is 10.8. The zero-order chi connectivity index (χ0) is 13.6. The van der Waals surface area contributed by atoms with Crippen molar-refractivity contribution in [2.75, 3.05) is 0 Å². The monoisotopic (exact) mass is 256 g/mol. The van der Waals surface area contributed by atoms with Crippen LogP contribution < -0.4 is 0 Å². The molecular weight excluding hydrogens is 224 g/mol. The molecule has 0 heterocycles. The number of aliphatic hydroxyl groups excluding tert-OH is 2. The lowest BCUT2D eigenvalue weighted by molar-refractivity contribution is 0.0152. The van der Waals surface area contributed by atoms with Crippen LogP contribution in [0.4, 0.5) is 0 Å². The quantitative estimate of drug-likeness (QED) is 0.406. The summed E-state index contributed by atoms with van der Waals surface area (Å²) in [5.74, 6) is 0. The molecule has 0 fully saturated rings. The molecule has 2 unspecified atom stereocenters. The van der Waals surface area contributed by atoms with Crippen LogP contribution in [0.5, 0.6) is 0 Å². The summed E-state index contributed by atoms with van der Waals surface area (Å²) >= 11 is 0. The van der Waals surface area contributed by atoms with Gasteiger partial charge in [-0.25, -0.2) is 0 Å². The topological polar surface area (TPSA) is 40.5 Å². The molecule has 0 rings (SSSR count). The van der Waals surface area contributed by atoms with Crippen molar-refractivity contribution in [1.82, 2.24) is 0 Å². The minimum Gasteiger partial charge on any atom is -0.390 e. The molecule has 0 bridgehead atoms. The van der Waals surface area contributed by atoms with Crippen LogP contribution in [0.2, 0.25) is 0 Å². The number of hydrogen-bond acceptors (Lipinski definition) is 2. The van der Waals surface area contributed by atoms with E-state index < -0.39 is 12.2 Å². The smallest absolute Gasteiger partial charge is 0.0833 e. The van der Waals surface area contributed by atoms with Gasteiger partial charge in [0.25, 0.3) is 0 Å². The number of allylic oxidation sites excluding steroid dienone is 1. The van der Waals surface area contributed by atoms with E-state index in [0.717, 1.165) is 25.7 Å². The molecule has 2 atom stereocenters. The Morgan fingerprint density at radius 1 is 0.778 bits per heavy atom. The van der Waals surface area contributed by atoms with Gasteiger partial charge in [0.2, 0.25) is 0 Å². The molecule has 0 aromatic heterocycles. The number of aliphatic hydroxyl groups is 2. The molecule has 0 saturated heterocycles. The molecule has 0 aliphatic carbocycles. The zero-order valence-corrected chi connectivity index (χ0v) is 12.3. The average Bonchev–Trinajstić information content (AvgIpc) is 2.38. The first-order chi connectivity index (χ1) is 8.72. The molecule has 0 aliphatic rings. The summed E-state index contributed by atoms with van der Waals surface area (Å²) in [5, 5.41) is 19.5. The van der Waals surface area contributed by atoms with Crippen LogP contribution in [0.3, 0.4) is 0 Å². The van der Waals surface area contributed by atoms with Crippen molar-refractivity contribution >= 4 is 0 Å². The summed E-state index contributed by atoms with van der Waals surface area (Å²) in [7, 11) is 0. The fourth-order valence-corrected chi connectivity index (χ4v) is 2.00. The Kier molecular flexibility index (Phi) is 12.9. The summed E-state index contributed by atoms with van der Waals surface area (Å²) < 4.78 is 0. The van der Waals surface area contributed by atoms with Gasteiger partial charge in [0.15, 0.2) is 0 Å². The first-order valence-electron chi connectivity index (χ1n) is 7.73. The second-order valence-electron chi connectivity index (χ2n) is 5.19. The van der Waals surface area contributed by atoms with Crippen molar-refractivity contribution in [2.24, 2.45) is 0 Å². The Labute approximate surface area is 113 Å². The van der Waals surface area contributed by atoms with Crippen LogP contribution in [-0.4, -0.2) is 22.4 Å². The molecule has 0 saturated carbocycles. The molecule has 0 aromatic rings. The van der Waals surface area contributed by atoms with Gasteiger partial charge in [-0.3, -0.25) is 0 Å². The maximum atomic E-state index is 9.79. The highest BCUT2D eigenvalue weighted by Gasteiger charge is 2.13. The van der Waals surface area contributed by atoms with Crippen molar-refractivity contribution < 1.29 is 10.2 Å². The fraction of sp³-hybridized carbons (Fsp3) is 0.875. The highest BCUT2D eigenvalue weighted by molar-refractivity contribution is 4.85. The van der Waals surface area contributed by atoms with Crippen LogP contribution in [0.25, 0.3) is 0 Å². The van der Waals surface area contributed by atoms with Crippen molar-refractivity contribution in [3.63, 3.8) is 0 Å². The van der Waals surface area contributed by atoms with Crippen LogP contribution in [-0.2, 0) is 0 Å². The van der Waals surface area contributed by atoms with Gasteiger partial charge in [0, 0.05) is 0 Å². The minimum atomic E-state index is -0.589.